The summed E-state index contributed by atoms with van der Waals surface area (Å²) >= 11 is 0. The van der Waals surface area contributed by atoms with E-state index in [2.05, 4.69) is 34.1 Å². The molecule has 1 aromatic heterocycles. The van der Waals surface area contributed by atoms with E-state index in [-0.39, 0.29) is 17.7 Å². The number of carbonyl (C=O) groups is 1. The molecule has 17 heavy (non-hydrogen) atoms. The van der Waals surface area contributed by atoms with Gasteiger partial charge in [-0.2, -0.15) is 4.98 Å². The van der Waals surface area contributed by atoms with Gasteiger partial charge in [0, 0.05) is 25.7 Å². The SMILES string of the molecule is CCC1CN(C(=O)c2nc(N)n[nH]2)CCN1C. The maximum absolute atomic E-state index is 12.1. The molecule has 2 rings (SSSR count). The predicted octanol–water partition coefficient (Wildman–Crippen LogP) is -0.447. The predicted molar refractivity (Wildman–Crippen MR) is 63.4 cm³/mol. The van der Waals surface area contributed by atoms with Gasteiger partial charge in [-0.25, -0.2) is 0 Å². The van der Waals surface area contributed by atoms with Crippen molar-refractivity contribution >= 4 is 11.9 Å². The third-order valence-electron chi connectivity index (χ3n) is 3.24. The lowest BCUT2D eigenvalue weighted by atomic mass is 10.1. The molecule has 7 nitrogen and oxygen atoms in total. The number of carbonyl (C=O) groups excluding carboxylic acids is 1. The van der Waals surface area contributed by atoms with Crippen molar-refractivity contribution in [2.45, 2.75) is 19.4 Å². The molecule has 3 N–H and O–H groups in total. The molecule has 1 aliphatic rings. The Morgan fingerprint density at radius 1 is 1.59 bits per heavy atom. The van der Waals surface area contributed by atoms with Gasteiger partial charge in [-0.1, -0.05) is 6.92 Å². The minimum absolute atomic E-state index is 0.106. The van der Waals surface area contributed by atoms with Gasteiger partial charge in [0.1, 0.15) is 0 Å². The van der Waals surface area contributed by atoms with Crippen LogP contribution in [0, 0.1) is 0 Å². The normalized spacial score (nSPS) is 21.8. The Bertz CT molecular complexity index is 403. The lowest BCUT2D eigenvalue weighted by molar-refractivity contribution is 0.0531. The zero-order valence-electron chi connectivity index (χ0n) is 10.2. The molecule has 2 heterocycles. The van der Waals surface area contributed by atoms with E-state index in [0.717, 1.165) is 19.5 Å². The summed E-state index contributed by atoms with van der Waals surface area (Å²) in [5, 5.41) is 6.23. The topological polar surface area (TPSA) is 91.1 Å². The summed E-state index contributed by atoms with van der Waals surface area (Å²) in [6.45, 7) is 4.45. The zero-order chi connectivity index (χ0) is 12.4. The van der Waals surface area contributed by atoms with E-state index in [1.54, 1.807) is 4.90 Å². The minimum Gasteiger partial charge on any atom is -0.366 e. The van der Waals surface area contributed by atoms with E-state index in [1.165, 1.54) is 0 Å². The first-order valence-corrected chi connectivity index (χ1v) is 5.79. The van der Waals surface area contributed by atoms with E-state index in [9.17, 15) is 4.79 Å². The number of H-pyrrole nitrogens is 1. The largest absolute Gasteiger partial charge is 0.366 e. The highest BCUT2D eigenvalue weighted by Crippen LogP contribution is 2.12. The number of nitrogens with two attached hydrogens (primary N) is 1. The Labute approximate surface area is 100.0 Å². The third kappa shape index (κ3) is 2.38. The molecule has 1 fully saturated rings. The summed E-state index contributed by atoms with van der Waals surface area (Å²) in [5.41, 5.74) is 5.39. The van der Waals surface area contributed by atoms with Crippen molar-refractivity contribution in [1.82, 2.24) is 25.0 Å². The maximum atomic E-state index is 12.1. The molecule has 1 saturated heterocycles. The van der Waals surface area contributed by atoms with Crippen molar-refractivity contribution in [3.8, 4) is 0 Å². The highest BCUT2D eigenvalue weighted by molar-refractivity contribution is 5.90. The summed E-state index contributed by atoms with van der Waals surface area (Å²) in [5.74, 6) is 0.206. The number of aromatic amines is 1. The van der Waals surface area contributed by atoms with Gasteiger partial charge in [0.2, 0.25) is 11.8 Å². The average molecular weight is 238 g/mol. The molecule has 0 aliphatic carbocycles. The minimum atomic E-state index is -0.124. The number of likely N-dealkylation sites (N-methyl/N-ethyl adjacent to an activating group) is 1. The summed E-state index contributed by atoms with van der Waals surface area (Å²) in [6, 6.07) is 0.410. The Balaban J connectivity index is 2.05. The number of rotatable bonds is 2. The van der Waals surface area contributed by atoms with Crippen LogP contribution in [0.2, 0.25) is 0 Å². The van der Waals surface area contributed by atoms with Crippen LogP contribution in [0.1, 0.15) is 24.0 Å². The van der Waals surface area contributed by atoms with E-state index in [4.69, 9.17) is 5.73 Å². The average Bonchev–Trinajstić information content (AvgIpc) is 2.75. The summed E-state index contributed by atoms with van der Waals surface area (Å²) < 4.78 is 0. The van der Waals surface area contributed by atoms with Gasteiger partial charge in [0.05, 0.1) is 0 Å². The number of amides is 1. The Morgan fingerprint density at radius 3 is 2.94 bits per heavy atom. The van der Waals surface area contributed by atoms with Crippen LogP contribution in [-0.4, -0.2) is 63.6 Å². The molecule has 94 valence electrons. The number of nitrogens with one attached hydrogen (secondary N) is 1. The van der Waals surface area contributed by atoms with E-state index < -0.39 is 0 Å². The number of nitrogen functional groups attached to an aromatic ring is 1. The first-order chi connectivity index (χ1) is 8.11. The van der Waals surface area contributed by atoms with Crippen molar-refractivity contribution in [3.63, 3.8) is 0 Å². The van der Waals surface area contributed by atoms with Crippen LogP contribution in [-0.2, 0) is 0 Å². The summed E-state index contributed by atoms with van der Waals surface area (Å²) in [6.07, 6.45) is 1.03. The fourth-order valence-corrected chi connectivity index (χ4v) is 2.09. The number of hydrogen-bond acceptors (Lipinski definition) is 5. The van der Waals surface area contributed by atoms with Crippen LogP contribution in [0.15, 0.2) is 0 Å². The molecule has 1 unspecified atom stereocenters. The van der Waals surface area contributed by atoms with Crippen LogP contribution in [0.4, 0.5) is 5.95 Å². The molecule has 1 aromatic rings. The number of aromatic nitrogens is 3. The monoisotopic (exact) mass is 238 g/mol. The third-order valence-corrected chi connectivity index (χ3v) is 3.24. The van der Waals surface area contributed by atoms with Gasteiger partial charge in [-0.15, -0.1) is 5.10 Å². The lowest BCUT2D eigenvalue weighted by Gasteiger charge is -2.38. The summed E-state index contributed by atoms with van der Waals surface area (Å²) in [4.78, 5) is 20.0. The Kier molecular flexibility index (Phi) is 3.28. The molecule has 1 aliphatic heterocycles. The Morgan fingerprint density at radius 2 is 2.35 bits per heavy atom. The van der Waals surface area contributed by atoms with Gasteiger partial charge < -0.3 is 10.6 Å². The number of piperazine rings is 1. The standard InChI is InChI=1S/C10H18N6O/c1-3-7-6-16(5-4-15(7)2)9(17)8-12-10(11)14-13-8/h7H,3-6H2,1-2H3,(H3,11,12,13,14). The first-order valence-electron chi connectivity index (χ1n) is 5.79. The van der Waals surface area contributed by atoms with Crippen LogP contribution >= 0.6 is 0 Å². The second kappa shape index (κ2) is 4.70. The van der Waals surface area contributed by atoms with Crippen LogP contribution in [0.5, 0.6) is 0 Å². The van der Waals surface area contributed by atoms with Crippen molar-refractivity contribution < 1.29 is 4.79 Å². The maximum Gasteiger partial charge on any atom is 0.291 e. The van der Waals surface area contributed by atoms with Gasteiger partial charge in [0.25, 0.3) is 5.91 Å². The smallest absolute Gasteiger partial charge is 0.291 e. The molecule has 7 heteroatoms. The fraction of sp³-hybridized carbons (Fsp3) is 0.700. The van der Waals surface area contributed by atoms with E-state index in [0.29, 0.717) is 12.6 Å². The van der Waals surface area contributed by atoms with Gasteiger partial charge in [-0.3, -0.25) is 14.8 Å². The zero-order valence-corrected chi connectivity index (χ0v) is 10.2. The van der Waals surface area contributed by atoms with Crippen molar-refractivity contribution in [2.24, 2.45) is 0 Å². The molecule has 0 aromatic carbocycles. The molecule has 1 amide bonds. The van der Waals surface area contributed by atoms with Crippen LogP contribution in [0.25, 0.3) is 0 Å². The van der Waals surface area contributed by atoms with Crippen molar-refractivity contribution in [2.75, 3.05) is 32.4 Å². The van der Waals surface area contributed by atoms with E-state index in [1.807, 2.05) is 0 Å². The number of hydrogen-bond donors (Lipinski definition) is 2. The molecule has 0 spiro atoms. The van der Waals surface area contributed by atoms with Crippen molar-refractivity contribution in [1.29, 1.82) is 0 Å². The first kappa shape index (κ1) is 11.8. The Hall–Kier alpha value is -1.63. The molecule has 1 atom stereocenters. The molecule has 0 bridgehead atoms. The van der Waals surface area contributed by atoms with Gasteiger partial charge in [-0.05, 0) is 13.5 Å². The second-order valence-corrected chi connectivity index (χ2v) is 4.34. The highest BCUT2D eigenvalue weighted by atomic mass is 16.2. The number of anilines is 1. The highest BCUT2D eigenvalue weighted by Gasteiger charge is 2.28. The van der Waals surface area contributed by atoms with Crippen LogP contribution < -0.4 is 5.73 Å². The lowest BCUT2D eigenvalue weighted by Crippen LogP contribution is -2.53. The molecule has 0 radical (unpaired) electrons. The number of nitrogens with zero attached hydrogens (tertiary/aromatic N) is 4. The fourth-order valence-electron chi connectivity index (χ4n) is 2.09. The molecular weight excluding hydrogens is 220 g/mol. The van der Waals surface area contributed by atoms with E-state index >= 15 is 0 Å². The van der Waals surface area contributed by atoms with Gasteiger partial charge in [0.15, 0.2) is 0 Å². The molecule has 0 saturated carbocycles. The quantitative estimate of drug-likeness (QED) is 0.728. The van der Waals surface area contributed by atoms with Crippen molar-refractivity contribution in [3.05, 3.63) is 5.82 Å². The second-order valence-electron chi connectivity index (χ2n) is 4.34. The van der Waals surface area contributed by atoms with Crippen LogP contribution in [0.3, 0.4) is 0 Å². The van der Waals surface area contributed by atoms with Gasteiger partial charge >= 0.3 is 0 Å². The molecular formula is C10H18N6O. The summed E-state index contributed by atoms with van der Waals surface area (Å²) in [7, 11) is 2.09.